The van der Waals surface area contributed by atoms with Crippen LogP contribution in [0.15, 0.2) is 42.7 Å². The first-order valence-corrected chi connectivity index (χ1v) is 7.27. The molecule has 0 spiro atoms. The molecule has 4 heteroatoms. The van der Waals surface area contributed by atoms with E-state index in [0.717, 1.165) is 28.8 Å². The molecule has 0 unspecified atom stereocenters. The van der Waals surface area contributed by atoms with Gasteiger partial charge in [0.1, 0.15) is 0 Å². The van der Waals surface area contributed by atoms with Crippen LogP contribution in [0.2, 0.25) is 0 Å². The number of aryl methyl sites for hydroxylation is 1. The predicted molar refractivity (Wildman–Crippen MR) is 85.6 cm³/mol. The van der Waals surface area contributed by atoms with Gasteiger partial charge in [-0.1, -0.05) is 32.0 Å². The van der Waals surface area contributed by atoms with Gasteiger partial charge in [-0.05, 0) is 30.2 Å². The summed E-state index contributed by atoms with van der Waals surface area (Å²) in [5.74, 6) is 0.893. The van der Waals surface area contributed by atoms with Gasteiger partial charge in [0.05, 0.1) is 11.7 Å². The summed E-state index contributed by atoms with van der Waals surface area (Å²) in [6, 6.07) is 10.8. The second kappa shape index (κ2) is 5.66. The van der Waals surface area contributed by atoms with E-state index in [-0.39, 0.29) is 0 Å². The second-order valence-electron chi connectivity index (χ2n) is 5.63. The fourth-order valence-electron chi connectivity index (χ4n) is 2.41. The van der Waals surface area contributed by atoms with Crippen LogP contribution >= 0.6 is 0 Å². The lowest BCUT2D eigenvalue weighted by Gasteiger charge is -2.11. The maximum Gasteiger partial charge on any atom is 0.156 e. The van der Waals surface area contributed by atoms with Crippen LogP contribution in [-0.2, 0) is 6.54 Å². The Labute approximate surface area is 124 Å². The van der Waals surface area contributed by atoms with Crippen LogP contribution in [-0.4, -0.2) is 20.8 Å². The molecule has 1 N–H and O–H groups in total. The summed E-state index contributed by atoms with van der Waals surface area (Å²) in [6.07, 6.45) is 3.80. The fourth-order valence-corrected chi connectivity index (χ4v) is 2.41. The average molecular weight is 280 g/mol. The summed E-state index contributed by atoms with van der Waals surface area (Å²) in [5.41, 5.74) is 3.41. The van der Waals surface area contributed by atoms with Crippen LogP contribution in [0.5, 0.6) is 0 Å². The maximum atomic E-state index is 4.61. The van der Waals surface area contributed by atoms with Crippen molar-refractivity contribution in [3.05, 3.63) is 53.9 Å². The number of nitrogens with zero attached hydrogens (tertiary/aromatic N) is 3. The molecule has 2 aromatic heterocycles. The van der Waals surface area contributed by atoms with Crippen molar-refractivity contribution in [3.8, 4) is 5.82 Å². The molecule has 3 rings (SSSR count). The topological polar surface area (TPSA) is 42.7 Å². The quantitative estimate of drug-likeness (QED) is 0.798. The Balaban J connectivity index is 1.96. The molecule has 0 atom stereocenters. The molecule has 2 heterocycles. The summed E-state index contributed by atoms with van der Waals surface area (Å²) in [7, 11) is 0. The van der Waals surface area contributed by atoms with E-state index in [1.165, 1.54) is 5.56 Å². The summed E-state index contributed by atoms with van der Waals surface area (Å²) in [6.45, 7) is 7.21. The van der Waals surface area contributed by atoms with Crippen LogP contribution in [0.25, 0.3) is 16.7 Å². The molecule has 0 amide bonds. The first-order chi connectivity index (χ1) is 10.1. The Kier molecular flexibility index (Phi) is 3.71. The highest BCUT2D eigenvalue weighted by atomic mass is 15.3. The molecule has 4 nitrogen and oxygen atoms in total. The number of benzene rings is 1. The van der Waals surface area contributed by atoms with Gasteiger partial charge in [-0.3, -0.25) is 0 Å². The van der Waals surface area contributed by atoms with Crippen molar-refractivity contribution in [3.63, 3.8) is 0 Å². The Morgan fingerprint density at radius 3 is 2.76 bits per heavy atom. The first-order valence-electron chi connectivity index (χ1n) is 7.27. The predicted octanol–water partition coefficient (Wildman–Crippen LogP) is 3.23. The third kappa shape index (κ3) is 2.81. The lowest BCUT2D eigenvalue weighted by molar-refractivity contribution is 0.587. The van der Waals surface area contributed by atoms with Gasteiger partial charge in [0.2, 0.25) is 0 Å². The minimum absolute atomic E-state index is 0.472. The van der Waals surface area contributed by atoms with Gasteiger partial charge in [-0.15, -0.1) is 0 Å². The first kappa shape index (κ1) is 13.8. The molecule has 108 valence electrons. The minimum Gasteiger partial charge on any atom is -0.310 e. The third-order valence-electron chi connectivity index (χ3n) is 3.50. The highest BCUT2D eigenvalue weighted by molar-refractivity contribution is 5.79. The molecule has 0 saturated carbocycles. The van der Waals surface area contributed by atoms with E-state index in [1.54, 1.807) is 0 Å². The number of hydrogen-bond donors (Lipinski definition) is 1. The van der Waals surface area contributed by atoms with Crippen LogP contribution in [0.4, 0.5) is 0 Å². The van der Waals surface area contributed by atoms with Crippen molar-refractivity contribution in [2.45, 2.75) is 33.4 Å². The smallest absolute Gasteiger partial charge is 0.156 e. The van der Waals surface area contributed by atoms with Gasteiger partial charge in [-0.2, -0.15) is 5.10 Å². The number of hydrogen-bond acceptors (Lipinski definition) is 3. The van der Waals surface area contributed by atoms with Gasteiger partial charge in [0, 0.05) is 24.2 Å². The van der Waals surface area contributed by atoms with E-state index in [2.05, 4.69) is 54.4 Å². The lowest BCUT2D eigenvalue weighted by atomic mass is 10.2. The van der Waals surface area contributed by atoms with Gasteiger partial charge in [0.25, 0.3) is 0 Å². The number of fused-ring (bicyclic) bond motifs is 1. The zero-order valence-corrected chi connectivity index (χ0v) is 12.7. The fraction of sp³-hybridized carbons (Fsp3) is 0.294. The van der Waals surface area contributed by atoms with Crippen molar-refractivity contribution in [2.24, 2.45) is 0 Å². The van der Waals surface area contributed by atoms with Gasteiger partial charge in [-0.25, -0.2) is 9.67 Å². The van der Waals surface area contributed by atoms with Gasteiger partial charge >= 0.3 is 0 Å². The molecule has 3 aromatic rings. The highest BCUT2D eigenvalue weighted by Crippen LogP contribution is 2.19. The molecule has 0 fully saturated rings. The molecule has 0 aliphatic carbocycles. The molecular formula is C17H20N4. The van der Waals surface area contributed by atoms with Crippen molar-refractivity contribution < 1.29 is 0 Å². The molecule has 0 aliphatic heterocycles. The van der Waals surface area contributed by atoms with E-state index in [1.807, 2.05) is 29.2 Å². The molecule has 0 bridgehead atoms. The number of nitrogens with one attached hydrogen (secondary N) is 1. The molecule has 21 heavy (non-hydrogen) atoms. The average Bonchev–Trinajstić information content (AvgIpc) is 2.89. The zero-order valence-electron chi connectivity index (χ0n) is 12.7. The number of para-hydroxylation sites is 1. The van der Waals surface area contributed by atoms with Gasteiger partial charge in [0.15, 0.2) is 5.82 Å². The highest BCUT2D eigenvalue weighted by Gasteiger charge is 2.09. The van der Waals surface area contributed by atoms with E-state index in [4.69, 9.17) is 0 Å². The molecule has 0 radical (unpaired) electrons. The molecule has 0 aliphatic rings. The molecule has 0 saturated heterocycles. The Morgan fingerprint density at radius 2 is 2.00 bits per heavy atom. The Bertz CT molecular complexity index is 758. The van der Waals surface area contributed by atoms with E-state index < -0.39 is 0 Å². The summed E-state index contributed by atoms with van der Waals surface area (Å²) in [5, 5.41) is 9.01. The molecular weight excluding hydrogens is 260 g/mol. The maximum absolute atomic E-state index is 4.61. The number of aromatic nitrogens is 3. The van der Waals surface area contributed by atoms with Crippen LogP contribution in [0, 0.1) is 6.92 Å². The summed E-state index contributed by atoms with van der Waals surface area (Å²) in [4.78, 5) is 4.61. The van der Waals surface area contributed by atoms with Crippen molar-refractivity contribution in [1.82, 2.24) is 20.1 Å². The Hall–Kier alpha value is -2.20. The van der Waals surface area contributed by atoms with Crippen LogP contribution < -0.4 is 5.32 Å². The van der Waals surface area contributed by atoms with Crippen LogP contribution in [0.3, 0.4) is 0 Å². The normalized spacial score (nSPS) is 11.4. The SMILES string of the molecule is Cc1cc(CNC(C)C)cnc1-n1ncc2ccccc21. The third-order valence-corrected chi connectivity index (χ3v) is 3.50. The standard InChI is InChI=1S/C17H20N4/c1-12(2)18-9-14-8-13(3)17(19-10-14)21-16-7-5-4-6-15(16)11-20-21/h4-8,10-12,18H,9H2,1-3H3. The summed E-state index contributed by atoms with van der Waals surface area (Å²) >= 11 is 0. The largest absolute Gasteiger partial charge is 0.310 e. The summed E-state index contributed by atoms with van der Waals surface area (Å²) < 4.78 is 1.91. The van der Waals surface area contributed by atoms with Crippen molar-refractivity contribution in [1.29, 1.82) is 0 Å². The lowest BCUT2D eigenvalue weighted by Crippen LogP contribution is -2.22. The zero-order chi connectivity index (χ0) is 14.8. The minimum atomic E-state index is 0.472. The second-order valence-corrected chi connectivity index (χ2v) is 5.63. The van der Waals surface area contributed by atoms with E-state index in [9.17, 15) is 0 Å². The van der Waals surface area contributed by atoms with Gasteiger partial charge < -0.3 is 5.32 Å². The van der Waals surface area contributed by atoms with Crippen LogP contribution in [0.1, 0.15) is 25.0 Å². The molecule has 1 aromatic carbocycles. The van der Waals surface area contributed by atoms with Crippen molar-refractivity contribution >= 4 is 10.9 Å². The van der Waals surface area contributed by atoms with E-state index in [0.29, 0.717) is 6.04 Å². The number of pyridine rings is 1. The Morgan fingerprint density at radius 1 is 1.19 bits per heavy atom. The van der Waals surface area contributed by atoms with E-state index >= 15 is 0 Å². The monoisotopic (exact) mass is 280 g/mol. The van der Waals surface area contributed by atoms with Crippen molar-refractivity contribution in [2.75, 3.05) is 0 Å². The number of rotatable bonds is 4.